The second-order valence-corrected chi connectivity index (χ2v) is 7.78. The third-order valence-electron chi connectivity index (χ3n) is 5.68. The summed E-state index contributed by atoms with van der Waals surface area (Å²) in [5.74, 6) is 0.354. The van der Waals surface area contributed by atoms with E-state index in [4.69, 9.17) is 4.98 Å². The number of benzene rings is 3. The van der Waals surface area contributed by atoms with Crippen molar-refractivity contribution in [3.63, 3.8) is 0 Å². The molecule has 0 saturated heterocycles. The summed E-state index contributed by atoms with van der Waals surface area (Å²) in [4.78, 5) is 32.9. The molecule has 3 aromatic carbocycles. The van der Waals surface area contributed by atoms with Gasteiger partial charge in [0.1, 0.15) is 5.82 Å². The van der Waals surface area contributed by atoms with Gasteiger partial charge in [-0.2, -0.15) is 0 Å². The minimum atomic E-state index is -0.431. The molecule has 1 unspecified atom stereocenters. The fourth-order valence-electron chi connectivity index (χ4n) is 3.69. The number of rotatable bonds is 5. The van der Waals surface area contributed by atoms with Gasteiger partial charge >= 0.3 is 0 Å². The third kappa shape index (κ3) is 4.10. The first kappa shape index (κ1) is 21.2. The molecule has 0 fully saturated rings. The van der Waals surface area contributed by atoms with Gasteiger partial charge in [-0.3, -0.25) is 14.2 Å². The van der Waals surface area contributed by atoms with Gasteiger partial charge < -0.3 is 4.90 Å². The molecule has 4 aromatic rings. The summed E-state index contributed by atoms with van der Waals surface area (Å²) in [6, 6.07) is 24.2. The Morgan fingerprint density at radius 1 is 0.969 bits per heavy atom. The van der Waals surface area contributed by atoms with Crippen molar-refractivity contribution in [2.24, 2.45) is 0 Å². The van der Waals surface area contributed by atoms with E-state index in [0.717, 1.165) is 16.8 Å². The first-order valence-corrected chi connectivity index (χ1v) is 10.5. The van der Waals surface area contributed by atoms with Crippen molar-refractivity contribution in [1.29, 1.82) is 0 Å². The molecule has 1 amide bonds. The molecular formula is C27H25N3O2. The van der Waals surface area contributed by atoms with Gasteiger partial charge in [0.25, 0.3) is 5.56 Å². The molecule has 0 saturated carbocycles. The highest BCUT2D eigenvalue weighted by atomic mass is 16.2. The average Bonchev–Trinajstić information content (AvgIpc) is 2.83. The summed E-state index contributed by atoms with van der Waals surface area (Å²) in [7, 11) is 1.73. The Kier molecular flexibility index (Phi) is 5.99. The molecule has 0 aliphatic carbocycles. The van der Waals surface area contributed by atoms with E-state index in [1.54, 1.807) is 34.7 Å². The van der Waals surface area contributed by atoms with Gasteiger partial charge in [-0.15, -0.1) is 0 Å². The van der Waals surface area contributed by atoms with Crippen LogP contribution in [0.15, 0.2) is 89.7 Å². The number of nitrogens with zero attached hydrogens (tertiary/aromatic N) is 3. The SMILES string of the molecule is Cc1ccccc1-n1c(C(C)N(C)C(=O)/C=C/c2ccccc2)nc2ccccc2c1=O. The zero-order valence-electron chi connectivity index (χ0n) is 18.4. The maximum absolute atomic E-state index is 13.5. The summed E-state index contributed by atoms with van der Waals surface area (Å²) in [5, 5.41) is 0.546. The van der Waals surface area contributed by atoms with Crippen molar-refractivity contribution < 1.29 is 4.79 Å². The highest BCUT2D eigenvalue weighted by Gasteiger charge is 2.23. The molecule has 0 aliphatic heterocycles. The van der Waals surface area contributed by atoms with Crippen LogP contribution in [-0.4, -0.2) is 27.4 Å². The lowest BCUT2D eigenvalue weighted by Crippen LogP contribution is -2.34. The van der Waals surface area contributed by atoms with Gasteiger partial charge in [0.15, 0.2) is 0 Å². The van der Waals surface area contributed by atoms with Crippen LogP contribution in [0.1, 0.15) is 29.9 Å². The summed E-state index contributed by atoms with van der Waals surface area (Å²) < 4.78 is 1.63. The fraction of sp³-hybridized carbons (Fsp3) is 0.148. The number of aromatic nitrogens is 2. The lowest BCUT2D eigenvalue weighted by atomic mass is 10.1. The molecule has 0 bridgehead atoms. The molecule has 160 valence electrons. The lowest BCUT2D eigenvalue weighted by molar-refractivity contribution is -0.126. The van der Waals surface area contributed by atoms with E-state index >= 15 is 0 Å². The third-order valence-corrected chi connectivity index (χ3v) is 5.68. The zero-order chi connectivity index (χ0) is 22.7. The Balaban J connectivity index is 1.79. The van der Waals surface area contributed by atoms with Crippen molar-refractivity contribution in [1.82, 2.24) is 14.5 Å². The second kappa shape index (κ2) is 9.02. The minimum absolute atomic E-state index is 0.146. The number of carbonyl (C=O) groups is 1. The molecule has 0 aliphatic rings. The Bertz CT molecular complexity index is 1360. The van der Waals surface area contributed by atoms with Crippen LogP contribution in [-0.2, 0) is 4.79 Å². The number of hydrogen-bond donors (Lipinski definition) is 0. The maximum atomic E-state index is 13.5. The summed E-state index contributed by atoms with van der Waals surface area (Å²) in [6.07, 6.45) is 3.33. The van der Waals surface area contributed by atoms with Crippen molar-refractivity contribution in [2.75, 3.05) is 7.05 Å². The number of amides is 1. The molecular weight excluding hydrogens is 398 g/mol. The fourth-order valence-corrected chi connectivity index (χ4v) is 3.69. The number of para-hydroxylation sites is 2. The Morgan fingerprint density at radius 2 is 1.62 bits per heavy atom. The highest BCUT2D eigenvalue weighted by molar-refractivity contribution is 5.91. The van der Waals surface area contributed by atoms with Crippen molar-refractivity contribution in [3.8, 4) is 5.69 Å². The van der Waals surface area contributed by atoms with E-state index in [1.807, 2.05) is 86.6 Å². The van der Waals surface area contributed by atoms with E-state index in [9.17, 15) is 9.59 Å². The van der Waals surface area contributed by atoms with Crippen LogP contribution in [0, 0.1) is 6.92 Å². The molecule has 0 radical (unpaired) electrons. The summed E-state index contributed by atoms with van der Waals surface area (Å²) in [6.45, 7) is 3.85. The van der Waals surface area contributed by atoms with Crippen molar-refractivity contribution >= 4 is 22.9 Å². The summed E-state index contributed by atoms with van der Waals surface area (Å²) >= 11 is 0. The number of aryl methyl sites for hydroxylation is 1. The van der Waals surface area contributed by atoms with Crippen molar-refractivity contribution in [3.05, 3.63) is 112 Å². The first-order chi connectivity index (χ1) is 15.5. The molecule has 1 heterocycles. The molecule has 0 spiro atoms. The van der Waals surface area contributed by atoms with Gasteiger partial charge in [0, 0.05) is 13.1 Å². The van der Waals surface area contributed by atoms with Gasteiger partial charge in [-0.1, -0.05) is 60.7 Å². The topological polar surface area (TPSA) is 55.2 Å². The predicted molar refractivity (Wildman–Crippen MR) is 129 cm³/mol. The second-order valence-electron chi connectivity index (χ2n) is 7.78. The molecule has 32 heavy (non-hydrogen) atoms. The standard InChI is InChI=1S/C27H25N3O2/c1-19-11-7-10-16-24(19)30-26(28-23-15-9-8-14-22(23)27(30)32)20(2)29(3)25(31)18-17-21-12-5-4-6-13-21/h4-18,20H,1-3H3/b18-17+. The highest BCUT2D eigenvalue weighted by Crippen LogP contribution is 2.23. The van der Waals surface area contributed by atoms with Crippen LogP contribution >= 0.6 is 0 Å². The monoisotopic (exact) mass is 423 g/mol. The van der Waals surface area contributed by atoms with Crippen LogP contribution in [0.4, 0.5) is 0 Å². The van der Waals surface area contributed by atoms with E-state index in [0.29, 0.717) is 16.7 Å². The van der Waals surface area contributed by atoms with Crippen LogP contribution in [0.5, 0.6) is 0 Å². The van der Waals surface area contributed by atoms with E-state index in [-0.39, 0.29) is 11.5 Å². The Hall–Kier alpha value is -3.99. The molecule has 0 N–H and O–H groups in total. The average molecular weight is 424 g/mol. The van der Waals surface area contributed by atoms with Crippen molar-refractivity contribution in [2.45, 2.75) is 19.9 Å². The quantitative estimate of drug-likeness (QED) is 0.428. The number of likely N-dealkylation sites (N-methyl/N-ethyl adjacent to an activating group) is 1. The first-order valence-electron chi connectivity index (χ1n) is 10.5. The number of carbonyl (C=O) groups excluding carboxylic acids is 1. The summed E-state index contributed by atoms with van der Waals surface area (Å²) in [5.41, 5.74) is 3.14. The van der Waals surface area contributed by atoms with Crippen LogP contribution < -0.4 is 5.56 Å². The van der Waals surface area contributed by atoms with Gasteiger partial charge in [-0.25, -0.2) is 4.98 Å². The minimum Gasteiger partial charge on any atom is -0.332 e. The predicted octanol–water partition coefficient (Wildman–Crippen LogP) is 4.93. The van der Waals surface area contributed by atoms with E-state index in [2.05, 4.69) is 0 Å². The van der Waals surface area contributed by atoms with Crippen LogP contribution in [0.25, 0.3) is 22.7 Å². The number of hydrogen-bond acceptors (Lipinski definition) is 3. The Morgan fingerprint density at radius 3 is 2.38 bits per heavy atom. The molecule has 5 nitrogen and oxygen atoms in total. The Labute approximate surface area is 187 Å². The largest absolute Gasteiger partial charge is 0.332 e. The molecule has 5 heteroatoms. The van der Waals surface area contributed by atoms with Gasteiger partial charge in [-0.05, 0) is 49.2 Å². The molecule has 4 rings (SSSR count). The van der Waals surface area contributed by atoms with Gasteiger partial charge in [0.05, 0.1) is 22.6 Å². The van der Waals surface area contributed by atoms with Crippen LogP contribution in [0.2, 0.25) is 0 Å². The van der Waals surface area contributed by atoms with Gasteiger partial charge in [0.2, 0.25) is 5.91 Å². The smallest absolute Gasteiger partial charge is 0.266 e. The van der Waals surface area contributed by atoms with E-state index < -0.39 is 6.04 Å². The number of fused-ring (bicyclic) bond motifs is 1. The van der Waals surface area contributed by atoms with Crippen LogP contribution in [0.3, 0.4) is 0 Å². The lowest BCUT2D eigenvalue weighted by Gasteiger charge is -2.26. The molecule has 1 atom stereocenters. The normalized spacial score (nSPS) is 12.2. The van der Waals surface area contributed by atoms with E-state index in [1.165, 1.54) is 0 Å². The molecule has 1 aromatic heterocycles. The zero-order valence-corrected chi connectivity index (χ0v) is 18.4. The maximum Gasteiger partial charge on any atom is 0.266 e.